The highest BCUT2D eigenvalue weighted by Crippen LogP contribution is 2.35. The largest absolute Gasteiger partial charge is 0.495 e. The number of thiazole rings is 1. The molecule has 0 fully saturated rings. The number of carbonyl (C=O) groups is 1. The van der Waals surface area contributed by atoms with Crippen LogP contribution in [0.2, 0.25) is 0 Å². The number of carbonyl (C=O) groups excluding carboxylic acids is 1. The molecule has 3 rings (SSSR count). The Labute approximate surface area is 173 Å². The van der Waals surface area contributed by atoms with E-state index in [1.165, 1.54) is 11.3 Å². The van der Waals surface area contributed by atoms with Crippen molar-refractivity contribution in [1.82, 2.24) is 14.3 Å². The van der Waals surface area contributed by atoms with E-state index < -0.39 is 0 Å². The molecule has 2 heterocycles. The van der Waals surface area contributed by atoms with E-state index in [9.17, 15) is 4.79 Å². The van der Waals surface area contributed by atoms with Gasteiger partial charge in [-0.25, -0.2) is 0 Å². The molecule has 0 spiro atoms. The van der Waals surface area contributed by atoms with Crippen LogP contribution in [-0.2, 0) is 11.3 Å². The smallest absolute Gasteiger partial charge is 0.300 e. The van der Waals surface area contributed by atoms with Crippen LogP contribution in [0.15, 0.2) is 23.2 Å². The van der Waals surface area contributed by atoms with Crippen molar-refractivity contribution in [3.8, 4) is 11.5 Å². The van der Waals surface area contributed by atoms with Crippen LogP contribution in [0.3, 0.4) is 0 Å². The summed E-state index contributed by atoms with van der Waals surface area (Å²) in [5.41, 5.74) is 2.07. The Hall–Kier alpha value is -2.65. The molecule has 0 saturated carbocycles. The van der Waals surface area contributed by atoms with E-state index in [-0.39, 0.29) is 11.9 Å². The molecule has 0 atom stereocenters. The highest BCUT2D eigenvalue weighted by atomic mass is 32.1. The first kappa shape index (κ1) is 21.1. The molecule has 0 aliphatic carbocycles. The van der Waals surface area contributed by atoms with E-state index in [4.69, 9.17) is 14.2 Å². The summed E-state index contributed by atoms with van der Waals surface area (Å²) < 4.78 is 20.9. The summed E-state index contributed by atoms with van der Waals surface area (Å²) >= 11 is 1.38. The SMILES string of the molecule is COCCn1c(=NC(=O)c2cc(C)n(C(C)C)n2)sc2c(OC)ccc(OC)c21. The van der Waals surface area contributed by atoms with E-state index >= 15 is 0 Å². The Morgan fingerprint density at radius 2 is 1.90 bits per heavy atom. The molecule has 1 aromatic carbocycles. The van der Waals surface area contributed by atoms with Gasteiger partial charge in [0.25, 0.3) is 5.91 Å². The van der Waals surface area contributed by atoms with E-state index in [0.717, 1.165) is 15.9 Å². The third-order valence-electron chi connectivity index (χ3n) is 4.54. The lowest BCUT2D eigenvalue weighted by atomic mass is 10.3. The second-order valence-electron chi connectivity index (χ2n) is 6.80. The molecule has 0 bridgehead atoms. The monoisotopic (exact) mass is 418 g/mol. The van der Waals surface area contributed by atoms with Crippen molar-refractivity contribution in [1.29, 1.82) is 0 Å². The Balaban J connectivity index is 2.19. The van der Waals surface area contributed by atoms with Gasteiger partial charge >= 0.3 is 0 Å². The summed E-state index contributed by atoms with van der Waals surface area (Å²) in [6.45, 7) is 6.96. The van der Waals surface area contributed by atoms with Gasteiger partial charge in [0.2, 0.25) is 0 Å². The van der Waals surface area contributed by atoms with Gasteiger partial charge in [-0.2, -0.15) is 10.1 Å². The number of ether oxygens (including phenoxy) is 3. The van der Waals surface area contributed by atoms with Crippen LogP contribution < -0.4 is 14.3 Å². The number of amides is 1. The lowest BCUT2D eigenvalue weighted by Gasteiger charge is -2.09. The molecule has 0 aliphatic rings. The molecule has 0 aliphatic heterocycles. The van der Waals surface area contributed by atoms with Crippen LogP contribution in [-0.4, -0.2) is 48.2 Å². The van der Waals surface area contributed by atoms with Crippen LogP contribution >= 0.6 is 11.3 Å². The number of benzene rings is 1. The van der Waals surface area contributed by atoms with Gasteiger partial charge in [-0.3, -0.25) is 9.48 Å². The van der Waals surface area contributed by atoms with Gasteiger partial charge in [0, 0.05) is 25.4 Å². The third-order valence-corrected chi connectivity index (χ3v) is 5.63. The average Bonchev–Trinajstić information content (AvgIpc) is 3.26. The standard InChI is InChI=1S/C20H26N4O4S/c1-12(2)24-13(3)11-14(22-24)19(25)21-20-23(9-10-26-4)17-15(27-5)7-8-16(28-6)18(17)29-20/h7-8,11-12H,9-10H2,1-6H3. The second-order valence-corrected chi connectivity index (χ2v) is 7.78. The lowest BCUT2D eigenvalue weighted by molar-refractivity contribution is 0.0991. The molecular weight excluding hydrogens is 392 g/mol. The first-order valence-electron chi connectivity index (χ1n) is 9.29. The van der Waals surface area contributed by atoms with Gasteiger partial charge in [-0.1, -0.05) is 11.3 Å². The van der Waals surface area contributed by atoms with Gasteiger partial charge in [0.05, 0.1) is 20.8 Å². The van der Waals surface area contributed by atoms with Crippen LogP contribution in [0.25, 0.3) is 10.2 Å². The molecule has 0 saturated heterocycles. The van der Waals surface area contributed by atoms with Gasteiger partial charge in [0.1, 0.15) is 21.7 Å². The molecule has 3 aromatic rings. The minimum atomic E-state index is -0.386. The Bertz CT molecular complexity index is 1090. The number of aromatic nitrogens is 3. The van der Waals surface area contributed by atoms with Crippen LogP contribution in [0, 0.1) is 6.92 Å². The van der Waals surface area contributed by atoms with Gasteiger partial charge in [0.15, 0.2) is 10.5 Å². The number of hydrogen-bond donors (Lipinski definition) is 0. The molecule has 1 amide bonds. The summed E-state index contributed by atoms with van der Waals surface area (Å²) in [5, 5.41) is 4.41. The first-order valence-corrected chi connectivity index (χ1v) is 10.1. The minimum Gasteiger partial charge on any atom is -0.495 e. The van der Waals surface area contributed by atoms with Gasteiger partial charge in [-0.05, 0) is 39.0 Å². The molecule has 0 N–H and O–H groups in total. The highest BCUT2D eigenvalue weighted by molar-refractivity contribution is 7.16. The second kappa shape index (κ2) is 8.79. The lowest BCUT2D eigenvalue weighted by Crippen LogP contribution is -2.20. The van der Waals surface area contributed by atoms with E-state index in [2.05, 4.69) is 10.1 Å². The fraction of sp³-hybridized carbons (Fsp3) is 0.450. The van der Waals surface area contributed by atoms with Crippen molar-refractivity contribution in [3.63, 3.8) is 0 Å². The van der Waals surface area contributed by atoms with E-state index in [0.29, 0.717) is 35.1 Å². The highest BCUT2D eigenvalue weighted by Gasteiger charge is 2.18. The molecule has 8 nitrogen and oxygen atoms in total. The van der Waals surface area contributed by atoms with Crippen molar-refractivity contribution in [2.24, 2.45) is 4.99 Å². The summed E-state index contributed by atoms with van der Waals surface area (Å²) in [6.07, 6.45) is 0. The van der Waals surface area contributed by atoms with Gasteiger partial charge < -0.3 is 18.8 Å². The average molecular weight is 419 g/mol. The van der Waals surface area contributed by atoms with Crippen LogP contribution in [0.5, 0.6) is 11.5 Å². The molecule has 0 radical (unpaired) electrons. The molecule has 156 valence electrons. The number of hydrogen-bond acceptors (Lipinski definition) is 6. The number of fused-ring (bicyclic) bond motifs is 1. The zero-order valence-electron chi connectivity index (χ0n) is 17.6. The minimum absolute atomic E-state index is 0.168. The number of rotatable bonds is 7. The van der Waals surface area contributed by atoms with Crippen LogP contribution in [0.4, 0.5) is 0 Å². The summed E-state index contributed by atoms with van der Waals surface area (Å²) in [7, 11) is 4.86. The first-order chi connectivity index (χ1) is 13.9. The van der Waals surface area contributed by atoms with Gasteiger partial charge in [-0.15, -0.1) is 0 Å². The Morgan fingerprint density at radius 3 is 2.48 bits per heavy atom. The summed E-state index contributed by atoms with van der Waals surface area (Å²) in [4.78, 5) is 17.8. The van der Waals surface area contributed by atoms with Crippen molar-refractivity contribution in [2.45, 2.75) is 33.4 Å². The molecule has 29 heavy (non-hydrogen) atoms. The predicted octanol–water partition coefficient (Wildman–Crippen LogP) is 3.19. The van der Waals surface area contributed by atoms with E-state index in [1.807, 2.05) is 42.2 Å². The quantitative estimate of drug-likeness (QED) is 0.589. The fourth-order valence-corrected chi connectivity index (χ4v) is 4.35. The van der Waals surface area contributed by atoms with Crippen molar-refractivity contribution >= 4 is 27.5 Å². The van der Waals surface area contributed by atoms with Crippen LogP contribution in [0.1, 0.15) is 36.1 Å². The maximum Gasteiger partial charge on any atom is 0.300 e. The zero-order valence-corrected chi connectivity index (χ0v) is 18.4. The topological polar surface area (TPSA) is 79.9 Å². The molecule has 0 unspecified atom stereocenters. The predicted molar refractivity (Wildman–Crippen MR) is 112 cm³/mol. The van der Waals surface area contributed by atoms with Crippen molar-refractivity contribution in [3.05, 3.63) is 34.4 Å². The number of nitrogens with zero attached hydrogens (tertiary/aromatic N) is 4. The van der Waals surface area contributed by atoms with Crippen molar-refractivity contribution < 1.29 is 19.0 Å². The normalized spacial score (nSPS) is 12.2. The number of aryl methyl sites for hydroxylation is 1. The third kappa shape index (κ3) is 4.06. The molecule has 2 aromatic heterocycles. The summed E-state index contributed by atoms with van der Waals surface area (Å²) in [6, 6.07) is 5.62. The Kier molecular flexibility index (Phi) is 6.39. The maximum atomic E-state index is 12.9. The fourth-order valence-electron chi connectivity index (χ4n) is 3.19. The maximum absolute atomic E-state index is 12.9. The van der Waals surface area contributed by atoms with E-state index in [1.54, 1.807) is 27.4 Å². The Morgan fingerprint density at radius 1 is 1.21 bits per heavy atom. The molecular formula is C20H26N4O4S. The van der Waals surface area contributed by atoms with Crippen molar-refractivity contribution in [2.75, 3.05) is 27.9 Å². The summed E-state index contributed by atoms with van der Waals surface area (Å²) in [5.74, 6) is 0.996. The number of methoxy groups -OCH3 is 3. The zero-order chi connectivity index (χ0) is 21.1. The molecule has 9 heteroatoms.